The number of nitrogens with one attached hydrogen (secondary N) is 2. The van der Waals surface area contributed by atoms with Gasteiger partial charge in [-0.05, 0) is 38.5 Å². The Kier molecular flexibility index (Phi) is 10.4. The molecule has 0 bridgehead atoms. The summed E-state index contributed by atoms with van der Waals surface area (Å²) in [5.41, 5.74) is 0. The topological polar surface area (TPSA) is 41.1 Å². The van der Waals surface area contributed by atoms with Crippen LogP contribution in [0, 0.1) is 0 Å². The van der Waals surface area contributed by atoms with Gasteiger partial charge in [-0.25, -0.2) is 4.79 Å². The van der Waals surface area contributed by atoms with Crippen LogP contribution in [0.4, 0.5) is 4.79 Å². The molecule has 0 aliphatic carbocycles. The molecule has 2 N–H and O–H groups in total. The molecule has 2 aliphatic rings. The van der Waals surface area contributed by atoms with E-state index in [1.165, 1.54) is 50.0 Å². The molecule has 3 nitrogen and oxygen atoms in total. The molecule has 0 aromatic rings. The van der Waals surface area contributed by atoms with Gasteiger partial charge in [0.15, 0.2) is 0 Å². The summed E-state index contributed by atoms with van der Waals surface area (Å²) in [5, 5.41) is 7.65. The highest BCUT2D eigenvalue weighted by molar-refractivity contribution is 8.77. The van der Waals surface area contributed by atoms with Gasteiger partial charge in [0.05, 0.1) is 0 Å². The van der Waals surface area contributed by atoms with Gasteiger partial charge in [0, 0.05) is 35.1 Å². The number of rotatable bonds is 10. The third-order valence-corrected chi connectivity index (χ3v) is 9.94. The molecule has 2 heterocycles. The minimum absolute atomic E-state index is 0.0107. The smallest absolute Gasteiger partial charge is 0.314 e. The van der Waals surface area contributed by atoms with Crippen LogP contribution < -0.4 is 10.6 Å². The lowest BCUT2D eigenvalue weighted by atomic mass is 10.1. The van der Waals surface area contributed by atoms with Crippen molar-refractivity contribution in [3.8, 4) is 0 Å². The highest BCUT2D eigenvalue weighted by atomic mass is 33.1. The van der Waals surface area contributed by atoms with Crippen molar-refractivity contribution < 1.29 is 4.79 Å². The van der Waals surface area contributed by atoms with Crippen molar-refractivity contribution in [1.29, 1.82) is 0 Å². The van der Waals surface area contributed by atoms with Crippen LogP contribution in [0.5, 0.6) is 0 Å². The van der Waals surface area contributed by atoms with Gasteiger partial charge in [0.1, 0.15) is 0 Å². The first-order valence-corrected chi connectivity index (χ1v) is 13.2. The van der Waals surface area contributed by atoms with Crippen LogP contribution in [-0.2, 0) is 0 Å². The second-order valence-electron chi connectivity index (χ2n) is 5.83. The van der Waals surface area contributed by atoms with Gasteiger partial charge in [-0.15, -0.1) is 0 Å². The molecule has 22 heavy (non-hydrogen) atoms. The zero-order valence-electron chi connectivity index (χ0n) is 13.2. The fourth-order valence-electron chi connectivity index (χ4n) is 2.59. The van der Waals surface area contributed by atoms with Crippen LogP contribution in [0.2, 0.25) is 0 Å². The molecule has 2 saturated heterocycles. The minimum Gasteiger partial charge on any atom is -0.338 e. The first-order chi connectivity index (χ1) is 10.8. The van der Waals surface area contributed by atoms with Crippen molar-refractivity contribution in [3.05, 3.63) is 0 Å². The van der Waals surface area contributed by atoms with Gasteiger partial charge >= 0.3 is 6.03 Å². The number of hydrogen-bond donors (Lipinski definition) is 2. The van der Waals surface area contributed by atoms with E-state index < -0.39 is 0 Å². The maximum Gasteiger partial charge on any atom is 0.314 e. The molecule has 2 rings (SSSR count). The average molecular weight is 381 g/mol. The molecular weight excluding hydrogens is 352 g/mol. The molecule has 0 spiro atoms. The van der Waals surface area contributed by atoms with Crippen LogP contribution in [-0.4, -0.2) is 41.1 Å². The van der Waals surface area contributed by atoms with Gasteiger partial charge in [-0.3, -0.25) is 0 Å². The summed E-state index contributed by atoms with van der Waals surface area (Å²) in [6.07, 6.45) is 10.0. The predicted molar refractivity (Wildman–Crippen MR) is 106 cm³/mol. The Morgan fingerprint density at radius 3 is 1.73 bits per heavy atom. The number of amides is 2. The monoisotopic (exact) mass is 380 g/mol. The van der Waals surface area contributed by atoms with E-state index in [4.69, 9.17) is 0 Å². The number of carbonyl (C=O) groups excluding carboxylic acids is 1. The van der Waals surface area contributed by atoms with Crippen molar-refractivity contribution in [3.63, 3.8) is 0 Å². The van der Waals surface area contributed by atoms with Crippen LogP contribution >= 0.6 is 43.2 Å². The summed E-state index contributed by atoms with van der Waals surface area (Å²) < 4.78 is 0. The summed E-state index contributed by atoms with van der Waals surface area (Å²) in [6, 6.07) is 0.0107. The molecule has 0 aromatic carbocycles. The summed E-state index contributed by atoms with van der Waals surface area (Å²) in [7, 11) is 8.10. The summed E-state index contributed by atoms with van der Waals surface area (Å²) in [6.45, 7) is 1.62. The molecule has 2 aliphatic heterocycles. The van der Waals surface area contributed by atoms with E-state index >= 15 is 0 Å². The van der Waals surface area contributed by atoms with Gasteiger partial charge in [-0.1, -0.05) is 56.0 Å². The molecule has 7 heteroatoms. The largest absolute Gasteiger partial charge is 0.338 e. The molecule has 2 atom stereocenters. The van der Waals surface area contributed by atoms with Crippen molar-refractivity contribution in [2.75, 3.05) is 24.6 Å². The number of unbranched alkanes of at least 4 members (excludes halogenated alkanes) is 2. The quantitative estimate of drug-likeness (QED) is 0.415. The number of hydrogen-bond acceptors (Lipinski definition) is 5. The summed E-state index contributed by atoms with van der Waals surface area (Å²) >= 11 is 0. The van der Waals surface area contributed by atoms with Gasteiger partial charge in [0.25, 0.3) is 0 Å². The number of urea groups is 1. The lowest BCUT2D eigenvalue weighted by molar-refractivity contribution is 0.240. The highest BCUT2D eigenvalue weighted by Crippen LogP contribution is 2.40. The van der Waals surface area contributed by atoms with E-state index in [1.54, 1.807) is 0 Å². The summed E-state index contributed by atoms with van der Waals surface area (Å²) in [4.78, 5) is 11.6. The number of carbonyl (C=O) groups is 1. The second kappa shape index (κ2) is 12.1. The molecule has 2 amide bonds. The molecule has 0 radical (unpaired) electrons. The van der Waals surface area contributed by atoms with E-state index in [9.17, 15) is 4.79 Å². The third kappa shape index (κ3) is 8.50. The van der Waals surface area contributed by atoms with E-state index in [-0.39, 0.29) is 6.03 Å². The highest BCUT2D eigenvalue weighted by Gasteiger charge is 2.16. The van der Waals surface area contributed by atoms with Gasteiger partial charge in [0.2, 0.25) is 0 Å². The Balaban J connectivity index is 1.33. The maximum atomic E-state index is 11.6. The van der Waals surface area contributed by atoms with Crippen molar-refractivity contribution in [1.82, 2.24) is 10.6 Å². The molecule has 0 saturated carbocycles. The van der Waals surface area contributed by atoms with Crippen LogP contribution in [0.25, 0.3) is 0 Å². The Labute approximate surface area is 150 Å². The van der Waals surface area contributed by atoms with Gasteiger partial charge in [-0.2, -0.15) is 0 Å². The zero-order valence-corrected chi connectivity index (χ0v) is 16.4. The van der Waals surface area contributed by atoms with E-state index in [0.717, 1.165) is 36.4 Å². The molecule has 2 fully saturated rings. The molecular formula is C15H28N2OS4. The van der Waals surface area contributed by atoms with Crippen LogP contribution in [0.15, 0.2) is 0 Å². The first kappa shape index (κ1) is 19.0. The molecule has 2 unspecified atom stereocenters. The predicted octanol–water partition coefficient (Wildman–Crippen LogP) is 4.93. The standard InChI is InChI=1S/C15H28N2OS4/c18-15(16-9-3-1-5-13-7-11-19-21-13)17-10-4-2-6-14-8-12-20-22-14/h13-14H,1-12H2,(H2,16,17,18). The maximum absolute atomic E-state index is 11.6. The Morgan fingerprint density at radius 1 is 0.818 bits per heavy atom. The zero-order chi connectivity index (χ0) is 15.5. The van der Waals surface area contributed by atoms with Crippen LogP contribution in [0.1, 0.15) is 51.4 Å². The van der Waals surface area contributed by atoms with Crippen molar-refractivity contribution in [2.24, 2.45) is 0 Å². The normalized spacial score (nSPS) is 24.5. The average Bonchev–Trinajstić information content (AvgIpc) is 3.19. The second-order valence-corrected chi connectivity index (χ2v) is 11.4. The Morgan fingerprint density at radius 2 is 1.32 bits per heavy atom. The fraction of sp³-hybridized carbons (Fsp3) is 0.933. The van der Waals surface area contributed by atoms with Crippen molar-refractivity contribution in [2.45, 2.75) is 61.9 Å². The lowest BCUT2D eigenvalue weighted by Gasteiger charge is -2.10. The van der Waals surface area contributed by atoms with Gasteiger partial charge < -0.3 is 10.6 Å². The lowest BCUT2D eigenvalue weighted by Crippen LogP contribution is -2.36. The van der Waals surface area contributed by atoms with Crippen LogP contribution in [0.3, 0.4) is 0 Å². The van der Waals surface area contributed by atoms with E-state index in [1.807, 2.05) is 43.2 Å². The van der Waals surface area contributed by atoms with E-state index in [2.05, 4.69) is 10.6 Å². The summed E-state index contributed by atoms with van der Waals surface area (Å²) in [5.74, 6) is 2.63. The molecule has 128 valence electrons. The Bertz CT molecular complexity index is 280. The third-order valence-electron chi connectivity index (χ3n) is 3.93. The minimum atomic E-state index is 0.0107. The fourth-order valence-corrected chi connectivity index (χ4v) is 8.64. The molecule has 0 aromatic heterocycles. The SMILES string of the molecule is O=C(NCCCCC1CCSS1)NCCCCC1CCSS1. The Hall–Kier alpha value is 0.670. The van der Waals surface area contributed by atoms with Crippen molar-refractivity contribution >= 4 is 49.2 Å². The van der Waals surface area contributed by atoms with E-state index in [0.29, 0.717) is 0 Å². The first-order valence-electron chi connectivity index (χ1n) is 8.43.